The van der Waals surface area contributed by atoms with E-state index in [2.05, 4.69) is 4.98 Å². The predicted molar refractivity (Wildman–Crippen MR) is 124 cm³/mol. The van der Waals surface area contributed by atoms with E-state index in [0.29, 0.717) is 57.2 Å². The number of hydrogen-bond acceptors (Lipinski definition) is 7. The van der Waals surface area contributed by atoms with Gasteiger partial charge in [-0.05, 0) is 37.5 Å². The van der Waals surface area contributed by atoms with Crippen molar-refractivity contribution in [1.29, 1.82) is 0 Å². The first-order chi connectivity index (χ1) is 16.4. The third kappa shape index (κ3) is 5.42. The molecule has 1 aromatic heterocycles. The van der Waals surface area contributed by atoms with E-state index in [1.807, 2.05) is 11.5 Å². The lowest BCUT2D eigenvalue weighted by Gasteiger charge is -2.26. The molecule has 1 amide bonds. The Kier molecular flexibility index (Phi) is 7.84. The van der Waals surface area contributed by atoms with Gasteiger partial charge in [-0.1, -0.05) is 13.3 Å². The summed E-state index contributed by atoms with van der Waals surface area (Å²) in [6.45, 7) is 4.57. The van der Waals surface area contributed by atoms with E-state index in [9.17, 15) is 18.0 Å². The van der Waals surface area contributed by atoms with Crippen molar-refractivity contribution < 1.29 is 27.5 Å². The topological polar surface area (TPSA) is 111 Å². The Morgan fingerprint density at radius 3 is 2.71 bits per heavy atom. The molecule has 10 nitrogen and oxygen atoms in total. The third-order valence-corrected chi connectivity index (χ3v) is 8.10. The first-order valence-electron chi connectivity index (χ1n) is 11.9. The van der Waals surface area contributed by atoms with Gasteiger partial charge in [0.1, 0.15) is 19.0 Å². The van der Waals surface area contributed by atoms with Crippen molar-refractivity contribution in [3.8, 4) is 0 Å². The molecule has 3 heterocycles. The van der Waals surface area contributed by atoms with Crippen LogP contribution in [0.1, 0.15) is 44.9 Å². The maximum absolute atomic E-state index is 13.0. The van der Waals surface area contributed by atoms with E-state index in [0.717, 1.165) is 31.2 Å². The van der Waals surface area contributed by atoms with Crippen molar-refractivity contribution in [3.63, 3.8) is 0 Å². The van der Waals surface area contributed by atoms with Crippen LogP contribution < -0.4 is 0 Å². The van der Waals surface area contributed by atoms with E-state index >= 15 is 0 Å². The number of rotatable bonds is 8. The van der Waals surface area contributed by atoms with Gasteiger partial charge in [0.2, 0.25) is 15.9 Å². The molecule has 11 heteroatoms. The van der Waals surface area contributed by atoms with Gasteiger partial charge < -0.3 is 18.9 Å². The number of esters is 1. The van der Waals surface area contributed by atoms with Crippen LogP contribution in [0.25, 0.3) is 11.0 Å². The summed E-state index contributed by atoms with van der Waals surface area (Å²) in [6, 6.07) is 4.93. The fourth-order valence-corrected chi connectivity index (χ4v) is 5.82. The number of ether oxygens (including phenoxy) is 2. The highest BCUT2D eigenvalue weighted by atomic mass is 32.2. The van der Waals surface area contributed by atoms with Crippen LogP contribution in [-0.2, 0) is 42.2 Å². The summed E-state index contributed by atoms with van der Waals surface area (Å²) in [7, 11) is -3.64. The Morgan fingerprint density at radius 2 is 1.94 bits per heavy atom. The molecule has 0 bridgehead atoms. The number of fused-ring (bicyclic) bond motifs is 1. The molecule has 2 saturated heterocycles. The van der Waals surface area contributed by atoms with Crippen LogP contribution in [0, 0.1) is 0 Å². The van der Waals surface area contributed by atoms with Gasteiger partial charge in [-0.15, -0.1) is 0 Å². The van der Waals surface area contributed by atoms with Crippen LogP contribution in [0.3, 0.4) is 0 Å². The van der Waals surface area contributed by atoms with Gasteiger partial charge in [-0.2, -0.15) is 4.31 Å². The van der Waals surface area contributed by atoms with Crippen molar-refractivity contribution in [2.45, 2.75) is 57.1 Å². The highest BCUT2D eigenvalue weighted by Crippen LogP contribution is 2.24. The van der Waals surface area contributed by atoms with Crippen LogP contribution in [-0.4, -0.2) is 78.4 Å². The van der Waals surface area contributed by atoms with Crippen LogP contribution in [0.15, 0.2) is 23.1 Å². The third-order valence-electron chi connectivity index (χ3n) is 6.21. The van der Waals surface area contributed by atoms with Crippen molar-refractivity contribution in [2.24, 2.45) is 0 Å². The molecule has 4 rings (SSSR count). The fraction of sp³-hybridized carbons (Fsp3) is 0.609. The van der Waals surface area contributed by atoms with Gasteiger partial charge in [-0.25, -0.2) is 13.4 Å². The molecule has 34 heavy (non-hydrogen) atoms. The second kappa shape index (κ2) is 10.8. The Morgan fingerprint density at radius 1 is 1.15 bits per heavy atom. The van der Waals surface area contributed by atoms with Gasteiger partial charge in [0.05, 0.1) is 29.1 Å². The maximum atomic E-state index is 13.0. The quantitative estimate of drug-likeness (QED) is 0.518. The molecule has 2 aliphatic rings. The zero-order chi connectivity index (χ0) is 24.1. The minimum absolute atomic E-state index is 0.0123. The number of amides is 1. The van der Waals surface area contributed by atoms with Gasteiger partial charge in [0, 0.05) is 32.6 Å². The monoisotopic (exact) mass is 492 g/mol. The van der Waals surface area contributed by atoms with Gasteiger partial charge >= 0.3 is 5.97 Å². The van der Waals surface area contributed by atoms with Gasteiger partial charge in [0.25, 0.3) is 0 Å². The SMILES string of the molecule is CCCn1c(COC(=O)CN2CCCCCC2=O)nc2cc(S(=O)(=O)N3CCOCC3)ccc21. The van der Waals surface area contributed by atoms with E-state index in [-0.39, 0.29) is 24.0 Å². The normalized spacial score (nSPS) is 18.3. The molecule has 1 aromatic carbocycles. The van der Waals surface area contributed by atoms with E-state index < -0.39 is 16.0 Å². The van der Waals surface area contributed by atoms with Crippen molar-refractivity contribution in [1.82, 2.24) is 18.8 Å². The molecule has 0 N–H and O–H groups in total. The average Bonchev–Trinajstić information content (AvgIpc) is 3.05. The molecule has 2 aliphatic heterocycles. The number of aryl methyl sites for hydroxylation is 1. The number of likely N-dealkylation sites (tertiary alicyclic amines) is 1. The van der Waals surface area contributed by atoms with Crippen LogP contribution in [0.5, 0.6) is 0 Å². The number of morpholine rings is 1. The zero-order valence-corrected chi connectivity index (χ0v) is 20.4. The van der Waals surface area contributed by atoms with Crippen molar-refractivity contribution in [3.05, 3.63) is 24.0 Å². The molecular weight excluding hydrogens is 460 g/mol. The molecule has 0 unspecified atom stereocenters. The number of nitrogens with zero attached hydrogens (tertiary/aromatic N) is 4. The smallest absolute Gasteiger partial charge is 0.326 e. The largest absolute Gasteiger partial charge is 0.456 e. The number of benzene rings is 1. The molecular formula is C23H32N4O6S. The lowest BCUT2D eigenvalue weighted by atomic mass is 10.2. The minimum atomic E-state index is -3.64. The summed E-state index contributed by atoms with van der Waals surface area (Å²) in [5.74, 6) is 0.0657. The summed E-state index contributed by atoms with van der Waals surface area (Å²) in [6.07, 6.45) is 4.04. The van der Waals surface area contributed by atoms with E-state index in [4.69, 9.17) is 9.47 Å². The first kappa shape index (κ1) is 24.6. The molecule has 2 fully saturated rings. The molecule has 0 aliphatic carbocycles. The number of aromatic nitrogens is 2. The van der Waals surface area contributed by atoms with Gasteiger partial charge in [0.15, 0.2) is 0 Å². The van der Waals surface area contributed by atoms with Crippen LogP contribution in [0.2, 0.25) is 0 Å². The summed E-state index contributed by atoms with van der Waals surface area (Å²) in [4.78, 5) is 30.9. The Hall–Kier alpha value is -2.50. The summed E-state index contributed by atoms with van der Waals surface area (Å²) < 4.78 is 40.2. The molecule has 0 spiro atoms. The molecule has 186 valence electrons. The highest BCUT2D eigenvalue weighted by molar-refractivity contribution is 7.89. The minimum Gasteiger partial charge on any atom is -0.456 e. The predicted octanol–water partition coefficient (Wildman–Crippen LogP) is 1.91. The van der Waals surface area contributed by atoms with Crippen molar-refractivity contribution in [2.75, 3.05) is 39.4 Å². The number of sulfonamides is 1. The molecule has 2 aromatic rings. The lowest BCUT2D eigenvalue weighted by Crippen LogP contribution is -2.40. The Labute approximate surface area is 199 Å². The second-order valence-electron chi connectivity index (χ2n) is 8.63. The summed E-state index contributed by atoms with van der Waals surface area (Å²) in [5, 5.41) is 0. The number of imidazole rings is 1. The number of carbonyl (C=O) groups excluding carboxylic acids is 2. The molecule has 0 radical (unpaired) electrons. The Balaban J connectivity index is 1.51. The van der Waals surface area contributed by atoms with Crippen LogP contribution in [0.4, 0.5) is 0 Å². The first-order valence-corrected chi connectivity index (χ1v) is 13.3. The van der Waals surface area contributed by atoms with Crippen LogP contribution >= 0.6 is 0 Å². The molecule has 0 saturated carbocycles. The van der Waals surface area contributed by atoms with E-state index in [1.54, 1.807) is 23.1 Å². The second-order valence-corrected chi connectivity index (χ2v) is 10.6. The zero-order valence-electron chi connectivity index (χ0n) is 19.6. The summed E-state index contributed by atoms with van der Waals surface area (Å²) >= 11 is 0. The lowest BCUT2D eigenvalue weighted by molar-refractivity contribution is -0.150. The average molecular weight is 493 g/mol. The number of carbonyl (C=O) groups is 2. The van der Waals surface area contributed by atoms with E-state index in [1.165, 1.54) is 4.31 Å². The molecule has 0 atom stereocenters. The number of hydrogen-bond donors (Lipinski definition) is 0. The highest BCUT2D eigenvalue weighted by Gasteiger charge is 2.27. The van der Waals surface area contributed by atoms with Crippen molar-refractivity contribution >= 4 is 32.9 Å². The van der Waals surface area contributed by atoms with Gasteiger partial charge in [-0.3, -0.25) is 9.59 Å². The standard InChI is InChI=1S/C23H32N4O6S/c1-2-9-27-20-8-7-18(34(30,31)26-11-13-32-14-12-26)15-19(20)24-21(27)17-33-23(29)16-25-10-5-3-4-6-22(25)28/h7-8,15H,2-6,9-14,16-17H2,1H3. The fourth-order valence-electron chi connectivity index (χ4n) is 4.39. The summed E-state index contributed by atoms with van der Waals surface area (Å²) in [5.41, 5.74) is 1.33. The maximum Gasteiger partial charge on any atom is 0.326 e. The Bertz CT molecular complexity index is 1140.